The number of methoxy groups -OCH3 is 1. The van der Waals surface area contributed by atoms with Gasteiger partial charge in [-0.2, -0.15) is 0 Å². The molecule has 1 rings (SSSR count). The van der Waals surface area contributed by atoms with Gasteiger partial charge in [0.2, 0.25) is 0 Å². The first-order valence-corrected chi connectivity index (χ1v) is 3.12. The van der Waals surface area contributed by atoms with Gasteiger partial charge in [-0.05, 0) is 11.4 Å². The molecule has 0 bridgehead atoms. The maximum absolute atomic E-state index is 6.75. The summed E-state index contributed by atoms with van der Waals surface area (Å²) in [5.74, 6) is 0. The summed E-state index contributed by atoms with van der Waals surface area (Å²) < 4.78 is 24.8. The van der Waals surface area contributed by atoms with E-state index in [4.69, 9.17) is 4.11 Å². The molecule has 0 spiro atoms. The highest BCUT2D eigenvalue weighted by Gasteiger charge is 1.87. The van der Waals surface area contributed by atoms with Crippen molar-refractivity contribution in [2.45, 2.75) is 6.61 Å². The monoisotopic (exact) mass is 131 g/mol. The maximum Gasteiger partial charge on any atom is 0.0805 e. The molecule has 0 aliphatic heterocycles. The van der Waals surface area contributed by atoms with Gasteiger partial charge in [-0.3, -0.25) is 0 Å². The van der Waals surface area contributed by atoms with Crippen molar-refractivity contribution < 1.29 is 8.85 Å². The van der Waals surface area contributed by atoms with E-state index in [1.807, 2.05) is 17.5 Å². The molecule has 1 aromatic heterocycles. The van der Waals surface area contributed by atoms with Gasteiger partial charge in [-0.15, -0.1) is 11.3 Å². The third-order valence-corrected chi connectivity index (χ3v) is 1.64. The molecule has 0 saturated heterocycles. The van der Waals surface area contributed by atoms with Gasteiger partial charge in [0.1, 0.15) is 0 Å². The van der Waals surface area contributed by atoms with Crippen molar-refractivity contribution in [2.75, 3.05) is 7.04 Å². The van der Waals surface area contributed by atoms with E-state index in [1.165, 1.54) is 11.3 Å². The van der Waals surface area contributed by atoms with Gasteiger partial charge >= 0.3 is 0 Å². The Morgan fingerprint density at radius 3 is 3.62 bits per heavy atom. The SMILES string of the molecule is [2H]C([2H])([2H])OCc1cccs1. The zero-order valence-electron chi connectivity index (χ0n) is 7.26. The summed E-state index contributed by atoms with van der Waals surface area (Å²) in [6.45, 7) is 0.175. The second-order valence-corrected chi connectivity index (χ2v) is 2.40. The molecule has 0 aliphatic rings. The molecule has 1 aromatic rings. The molecule has 0 atom stereocenters. The van der Waals surface area contributed by atoms with Crippen LogP contribution < -0.4 is 0 Å². The van der Waals surface area contributed by atoms with Crippen molar-refractivity contribution in [3.8, 4) is 0 Å². The molecule has 0 aromatic carbocycles. The molecular weight excluding hydrogens is 120 g/mol. The summed E-state index contributed by atoms with van der Waals surface area (Å²) in [5.41, 5.74) is 0. The fourth-order valence-electron chi connectivity index (χ4n) is 0.466. The minimum atomic E-state index is -2.27. The van der Waals surface area contributed by atoms with Gasteiger partial charge in [-0.1, -0.05) is 6.07 Å². The summed E-state index contributed by atoms with van der Waals surface area (Å²) in [6, 6.07) is 3.71. The fraction of sp³-hybridized carbons (Fsp3) is 0.333. The number of hydrogen-bond donors (Lipinski definition) is 0. The lowest BCUT2D eigenvalue weighted by Crippen LogP contribution is -1.79. The van der Waals surface area contributed by atoms with E-state index in [9.17, 15) is 0 Å². The van der Waals surface area contributed by atoms with E-state index in [1.54, 1.807) is 0 Å². The van der Waals surface area contributed by atoms with E-state index in [-0.39, 0.29) is 6.61 Å². The van der Waals surface area contributed by atoms with Crippen LogP contribution in [0.2, 0.25) is 0 Å². The van der Waals surface area contributed by atoms with Crippen molar-refractivity contribution in [1.82, 2.24) is 0 Å². The van der Waals surface area contributed by atoms with Gasteiger partial charge in [0, 0.05) is 11.9 Å². The lowest BCUT2D eigenvalue weighted by molar-refractivity contribution is 0.187. The molecule has 0 saturated carbocycles. The van der Waals surface area contributed by atoms with Crippen LogP contribution in [0.15, 0.2) is 17.5 Å². The predicted molar refractivity (Wildman–Crippen MR) is 35.0 cm³/mol. The number of rotatable bonds is 2. The minimum Gasteiger partial charge on any atom is -0.379 e. The quantitative estimate of drug-likeness (QED) is 0.595. The first-order valence-electron chi connectivity index (χ1n) is 3.74. The van der Waals surface area contributed by atoms with E-state index in [0.29, 0.717) is 0 Å². The van der Waals surface area contributed by atoms with Crippen LogP contribution in [0.25, 0.3) is 0 Å². The van der Waals surface area contributed by atoms with Crippen LogP contribution >= 0.6 is 11.3 Å². The molecule has 2 heteroatoms. The number of ether oxygens (including phenoxy) is 1. The topological polar surface area (TPSA) is 9.23 Å². The van der Waals surface area contributed by atoms with Crippen LogP contribution in [0.1, 0.15) is 8.99 Å². The normalized spacial score (nSPS) is 16.8. The molecule has 0 radical (unpaired) electrons. The van der Waals surface area contributed by atoms with E-state index in [2.05, 4.69) is 4.74 Å². The number of thiophene rings is 1. The maximum atomic E-state index is 6.75. The molecular formula is C6H8OS. The van der Waals surface area contributed by atoms with E-state index < -0.39 is 7.04 Å². The van der Waals surface area contributed by atoms with Crippen molar-refractivity contribution in [3.63, 3.8) is 0 Å². The highest BCUT2D eigenvalue weighted by atomic mass is 32.1. The Balaban J connectivity index is 2.35. The van der Waals surface area contributed by atoms with Gasteiger partial charge in [0.05, 0.1) is 10.7 Å². The zero-order valence-corrected chi connectivity index (χ0v) is 5.07. The highest BCUT2D eigenvalue weighted by Crippen LogP contribution is 2.08. The zero-order chi connectivity index (χ0) is 8.32. The van der Waals surface area contributed by atoms with Crippen LogP contribution in [-0.4, -0.2) is 7.04 Å². The summed E-state index contributed by atoms with van der Waals surface area (Å²) in [5, 5.41) is 1.89. The highest BCUT2D eigenvalue weighted by molar-refractivity contribution is 7.09. The molecule has 0 N–H and O–H groups in total. The van der Waals surface area contributed by atoms with Crippen LogP contribution in [0.4, 0.5) is 0 Å². The third kappa shape index (κ3) is 1.32. The first-order chi connectivity index (χ1) is 5.08. The summed E-state index contributed by atoms with van der Waals surface area (Å²) >= 11 is 1.49. The van der Waals surface area contributed by atoms with Crippen molar-refractivity contribution in [2.24, 2.45) is 0 Å². The lowest BCUT2D eigenvalue weighted by Gasteiger charge is -1.89. The smallest absolute Gasteiger partial charge is 0.0805 e. The number of hydrogen-bond acceptors (Lipinski definition) is 2. The Morgan fingerprint density at radius 2 is 3.00 bits per heavy atom. The molecule has 0 amide bonds. The Hall–Kier alpha value is -0.340. The Labute approximate surface area is 57.1 Å². The fourth-order valence-corrected chi connectivity index (χ4v) is 1.08. The van der Waals surface area contributed by atoms with Gasteiger partial charge in [0.15, 0.2) is 0 Å². The van der Waals surface area contributed by atoms with Gasteiger partial charge in [0.25, 0.3) is 0 Å². The summed E-state index contributed by atoms with van der Waals surface area (Å²) in [4.78, 5) is 0.932. The van der Waals surface area contributed by atoms with Crippen LogP contribution in [-0.2, 0) is 11.3 Å². The molecule has 1 heterocycles. The standard InChI is InChI=1S/C6H8OS/c1-7-5-6-3-2-4-8-6/h2-4H,5H2,1H3/i1D3. The van der Waals surface area contributed by atoms with E-state index in [0.717, 1.165) is 4.88 Å². The van der Waals surface area contributed by atoms with Gasteiger partial charge < -0.3 is 4.74 Å². The van der Waals surface area contributed by atoms with Crippen LogP contribution in [0.5, 0.6) is 0 Å². The Bertz CT molecular complexity index is 204. The van der Waals surface area contributed by atoms with Crippen LogP contribution in [0.3, 0.4) is 0 Å². The summed E-state index contributed by atoms with van der Waals surface area (Å²) in [6.07, 6.45) is 0. The molecule has 0 fully saturated rings. The second-order valence-electron chi connectivity index (χ2n) is 1.37. The van der Waals surface area contributed by atoms with E-state index >= 15 is 0 Å². The molecule has 8 heavy (non-hydrogen) atoms. The molecule has 0 unspecified atom stereocenters. The van der Waals surface area contributed by atoms with Crippen molar-refractivity contribution in [3.05, 3.63) is 22.4 Å². The summed E-state index contributed by atoms with van der Waals surface area (Å²) in [7, 11) is -2.27. The van der Waals surface area contributed by atoms with Crippen molar-refractivity contribution >= 4 is 11.3 Å². The largest absolute Gasteiger partial charge is 0.379 e. The molecule has 1 nitrogen and oxygen atoms in total. The third-order valence-electron chi connectivity index (χ3n) is 0.795. The first kappa shape index (κ1) is 2.99. The predicted octanol–water partition coefficient (Wildman–Crippen LogP) is 1.89. The second kappa shape index (κ2) is 2.84. The molecule has 0 aliphatic carbocycles. The minimum absolute atomic E-state index is 0.175. The Morgan fingerprint density at radius 1 is 2.00 bits per heavy atom. The lowest BCUT2D eigenvalue weighted by atomic mass is 10.5. The van der Waals surface area contributed by atoms with Crippen LogP contribution in [0, 0.1) is 0 Å². The molecule has 44 valence electrons. The average molecular weight is 131 g/mol. The average Bonchev–Trinajstić information content (AvgIpc) is 2.32. The van der Waals surface area contributed by atoms with Crippen molar-refractivity contribution in [1.29, 1.82) is 0 Å². The Kier molecular flexibility index (Phi) is 1.06. The van der Waals surface area contributed by atoms with Gasteiger partial charge in [-0.25, -0.2) is 0 Å².